The van der Waals surface area contributed by atoms with Crippen LogP contribution in [0, 0.1) is 19.0 Å². The van der Waals surface area contributed by atoms with E-state index in [0.29, 0.717) is 35.2 Å². The van der Waals surface area contributed by atoms with Gasteiger partial charge >= 0.3 is 0 Å². The average molecular weight is 891 g/mol. The van der Waals surface area contributed by atoms with E-state index in [9.17, 15) is 1.37 Å². The number of benzene rings is 5. The molecule has 0 atom stereocenters. The number of aryl methyl sites for hydroxylation is 1. The summed E-state index contributed by atoms with van der Waals surface area (Å²) in [6, 6.07) is 43.4. The molecule has 0 N–H and O–H groups in total. The number of hydrogen-bond acceptors (Lipinski definition) is 3. The van der Waals surface area contributed by atoms with Crippen LogP contribution < -0.4 is 0 Å². The van der Waals surface area contributed by atoms with Crippen LogP contribution in [0.15, 0.2) is 120 Å². The van der Waals surface area contributed by atoms with Crippen molar-refractivity contribution in [2.45, 2.75) is 77.0 Å². The molecule has 3 aromatic heterocycles. The molecule has 1 fully saturated rings. The predicted molar refractivity (Wildman–Crippen MR) is 222 cm³/mol. The maximum atomic E-state index is 9.43. The maximum Gasteiger partial charge on any atom is 0.121 e. The summed E-state index contributed by atoms with van der Waals surface area (Å²) in [5.41, 5.74) is 7.00. The number of fused-ring (bicyclic) bond motifs is 6. The molecule has 4 heterocycles. The summed E-state index contributed by atoms with van der Waals surface area (Å²) in [4.78, 5) is 9.01. The third-order valence-electron chi connectivity index (χ3n) is 10.7. The Bertz CT molecular complexity index is 2730. The van der Waals surface area contributed by atoms with Crippen LogP contribution in [-0.4, -0.2) is 18.0 Å². The molecule has 0 bridgehead atoms. The molecule has 1 aliphatic rings. The van der Waals surface area contributed by atoms with Gasteiger partial charge in [0.25, 0.3) is 0 Å². The van der Waals surface area contributed by atoms with Gasteiger partial charge in [0.1, 0.15) is 5.58 Å². The number of furan rings is 1. The van der Waals surface area contributed by atoms with Crippen LogP contribution in [0.25, 0.3) is 66.0 Å². The van der Waals surface area contributed by atoms with Crippen molar-refractivity contribution < 1.29 is 30.0 Å². The molecule has 0 saturated carbocycles. The van der Waals surface area contributed by atoms with Crippen molar-refractivity contribution >= 4 is 51.6 Å². The van der Waals surface area contributed by atoms with E-state index >= 15 is 0 Å². The molecule has 53 heavy (non-hydrogen) atoms. The summed E-state index contributed by atoms with van der Waals surface area (Å²) in [6.07, 6.45) is 4.69. The van der Waals surface area contributed by atoms with Gasteiger partial charge in [-0.3, -0.25) is 0 Å². The van der Waals surface area contributed by atoms with Gasteiger partial charge in [-0.05, 0) is 98.8 Å². The monoisotopic (exact) mass is 891 g/mol. The van der Waals surface area contributed by atoms with Crippen LogP contribution in [0.2, 0.25) is 25.2 Å². The predicted octanol–water partition coefficient (Wildman–Crippen LogP) is 13.5. The SMILES string of the molecule is CC(C)(C)c1ccnc(-c2[c-]cccc2)c1.[2H]C([2H])([2H])c1cnc(-c2[c-]ccc3c2oc2cc4c(ccc5ccccc54)cc23)cc1C1([2H])CC[Si](C)(C)CC1.[Ir]. The van der Waals surface area contributed by atoms with Gasteiger partial charge in [-0.1, -0.05) is 105 Å². The summed E-state index contributed by atoms with van der Waals surface area (Å²) >= 11 is 0. The quantitative estimate of drug-likeness (QED) is 0.101. The van der Waals surface area contributed by atoms with E-state index < -0.39 is 20.8 Å². The number of hydrogen-bond donors (Lipinski definition) is 0. The third-order valence-corrected chi connectivity index (χ3v) is 13.9. The zero-order valence-corrected chi connectivity index (χ0v) is 34.3. The van der Waals surface area contributed by atoms with Crippen LogP contribution in [-0.2, 0) is 25.5 Å². The summed E-state index contributed by atoms with van der Waals surface area (Å²) < 4.78 is 40.5. The van der Waals surface area contributed by atoms with E-state index in [1.165, 1.54) is 22.5 Å². The second-order valence-electron chi connectivity index (χ2n) is 15.9. The van der Waals surface area contributed by atoms with Gasteiger partial charge in [0.05, 0.1) is 5.58 Å². The Morgan fingerprint density at radius 2 is 1.57 bits per heavy atom. The Morgan fingerprint density at radius 1 is 0.774 bits per heavy atom. The zero-order chi connectivity index (χ0) is 39.5. The second-order valence-corrected chi connectivity index (χ2v) is 21.2. The average Bonchev–Trinajstić information content (AvgIpc) is 3.56. The topological polar surface area (TPSA) is 38.9 Å². The molecule has 9 rings (SSSR count). The van der Waals surface area contributed by atoms with E-state index in [4.69, 9.17) is 8.53 Å². The summed E-state index contributed by atoms with van der Waals surface area (Å²) in [5.74, 6) is -0.940. The molecule has 5 heteroatoms. The molecule has 0 spiro atoms. The van der Waals surface area contributed by atoms with Gasteiger partial charge < -0.3 is 14.4 Å². The van der Waals surface area contributed by atoms with Crippen LogP contribution in [0.4, 0.5) is 0 Å². The fraction of sp³-hybridized carbons (Fsp3) is 0.250. The van der Waals surface area contributed by atoms with Crippen molar-refractivity contribution in [1.82, 2.24) is 9.97 Å². The standard InChI is InChI=1S/C33H30NOSi.C15H16N.Ir/c1-21-20-34-31(18-28(21)23-13-15-36(2,3)16-14-23)27-10-6-9-26-30-17-24-12-11-22-7-4-5-8-25(22)29(24)19-32(30)35-33(26)27;1-15(2,3)13-9-10-16-14(11-13)12-7-5-4-6-8-12;/h4-9,11-12,17-20,23H,13-16H2,1-3H3;4-7,9-11H,1-3H3;/q2*-1;/i1D3,23D;;. The normalized spacial score (nSPS) is 16.5. The first-order chi connectivity index (χ1) is 26.6. The fourth-order valence-corrected chi connectivity index (χ4v) is 9.62. The first kappa shape index (κ1) is 32.1. The molecule has 0 aliphatic carbocycles. The van der Waals surface area contributed by atoms with Gasteiger partial charge in [-0.15, -0.1) is 54.1 Å². The smallest absolute Gasteiger partial charge is 0.121 e. The molecular weight excluding hydrogens is 841 g/mol. The minimum atomic E-state index is -2.34. The van der Waals surface area contributed by atoms with Crippen molar-refractivity contribution in [3.63, 3.8) is 0 Å². The fourth-order valence-electron chi connectivity index (χ4n) is 7.41. The number of nitrogens with zero attached hydrogens (tertiary/aromatic N) is 2. The van der Waals surface area contributed by atoms with Gasteiger partial charge in [-0.25, -0.2) is 0 Å². The van der Waals surface area contributed by atoms with Crippen molar-refractivity contribution in [1.29, 1.82) is 0 Å². The Labute approximate surface area is 333 Å². The van der Waals surface area contributed by atoms with E-state index in [1.54, 1.807) is 0 Å². The number of rotatable bonds is 3. The van der Waals surface area contributed by atoms with Gasteiger partial charge in [-0.2, -0.15) is 0 Å². The van der Waals surface area contributed by atoms with Crippen molar-refractivity contribution in [3.05, 3.63) is 144 Å². The molecule has 1 saturated heterocycles. The number of pyridine rings is 2. The van der Waals surface area contributed by atoms with E-state index in [1.807, 2.05) is 54.7 Å². The van der Waals surface area contributed by atoms with Crippen LogP contribution in [0.3, 0.4) is 0 Å². The molecule has 0 amide bonds. The zero-order valence-electron chi connectivity index (χ0n) is 34.9. The second kappa shape index (κ2) is 14.8. The Morgan fingerprint density at radius 3 is 2.34 bits per heavy atom. The van der Waals surface area contributed by atoms with Crippen LogP contribution in [0.5, 0.6) is 0 Å². The summed E-state index contributed by atoms with van der Waals surface area (Å²) in [6.45, 7) is 9.01. The minimum Gasteiger partial charge on any atom is -0.501 e. The first-order valence-corrected chi connectivity index (χ1v) is 21.6. The molecule has 3 nitrogen and oxygen atoms in total. The Hall–Kier alpha value is -4.41. The van der Waals surface area contributed by atoms with E-state index in [-0.39, 0.29) is 31.1 Å². The van der Waals surface area contributed by atoms with Crippen molar-refractivity contribution in [3.8, 4) is 22.5 Å². The van der Waals surface area contributed by atoms with Gasteiger partial charge in [0.15, 0.2) is 0 Å². The maximum absolute atomic E-state index is 9.43. The third kappa shape index (κ3) is 7.53. The molecule has 1 radical (unpaired) electrons. The molecule has 1 aliphatic heterocycles. The molecular formula is C48H46IrN2OSi-2. The van der Waals surface area contributed by atoms with E-state index in [0.717, 1.165) is 50.5 Å². The van der Waals surface area contributed by atoms with Crippen LogP contribution in [0.1, 0.15) is 61.7 Å². The van der Waals surface area contributed by atoms with E-state index in [2.05, 4.69) is 111 Å². The van der Waals surface area contributed by atoms with Gasteiger partial charge in [0.2, 0.25) is 0 Å². The summed E-state index contributed by atoms with van der Waals surface area (Å²) in [5, 5.41) is 6.63. The Kier molecular flexibility index (Phi) is 8.94. The molecule has 0 unspecified atom stereocenters. The first-order valence-electron chi connectivity index (χ1n) is 20.2. The molecule has 269 valence electrons. The molecule has 5 aromatic carbocycles. The van der Waals surface area contributed by atoms with Crippen molar-refractivity contribution in [2.24, 2.45) is 0 Å². The van der Waals surface area contributed by atoms with Gasteiger partial charge in [0, 0.05) is 51.4 Å². The minimum absolute atomic E-state index is 0. The van der Waals surface area contributed by atoms with Crippen LogP contribution >= 0.6 is 0 Å². The summed E-state index contributed by atoms with van der Waals surface area (Å²) in [7, 11) is -1.34. The number of aromatic nitrogens is 2. The van der Waals surface area contributed by atoms with Crippen molar-refractivity contribution in [2.75, 3.05) is 0 Å². The molecule has 8 aromatic rings. The Balaban J connectivity index is 0.000000246. The largest absolute Gasteiger partial charge is 0.501 e.